The lowest BCUT2D eigenvalue weighted by molar-refractivity contribution is -0.149. The van der Waals surface area contributed by atoms with E-state index in [-0.39, 0.29) is 5.97 Å². The van der Waals surface area contributed by atoms with Crippen LogP contribution >= 0.6 is 0 Å². The van der Waals surface area contributed by atoms with E-state index in [0.717, 1.165) is 25.9 Å². The highest BCUT2D eigenvalue weighted by Crippen LogP contribution is 2.11. The number of rotatable bonds is 10. The van der Waals surface area contributed by atoms with Crippen LogP contribution in [0.2, 0.25) is 0 Å². The summed E-state index contributed by atoms with van der Waals surface area (Å²) in [6.45, 7) is 5.21. The molecule has 21 heavy (non-hydrogen) atoms. The van der Waals surface area contributed by atoms with Crippen LogP contribution in [-0.4, -0.2) is 31.3 Å². The maximum absolute atomic E-state index is 11.6. The number of hydrogen-bond acceptors (Lipinski definition) is 4. The fraction of sp³-hybridized carbons (Fsp3) is 0.588. The first-order chi connectivity index (χ1) is 10.1. The molecule has 0 saturated carbocycles. The molecule has 0 spiro atoms. The Morgan fingerprint density at radius 1 is 1.19 bits per heavy atom. The summed E-state index contributed by atoms with van der Waals surface area (Å²) in [6.07, 6.45) is 3.36. The van der Waals surface area contributed by atoms with Crippen LogP contribution < -0.4 is 5.73 Å². The highest BCUT2D eigenvalue weighted by Gasteiger charge is 2.29. The average Bonchev–Trinajstić information content (AvgIpc) is 2.47. The van der Waals surface area contributed by atoms with Crippen molar-refractivity contribution < 1.29 is 14.3 Å². The molecule has 0 heterocycles. The number of benzene rings is 1. The van der Waals surface area contributed by atoms with Gasteiger partial charge in [0.15, 0.2) is 0 Å². The summed E-state index contributed by atoms with van der Waals surface area (Å²) >= 11 is 0. The Morgan fingerprint density at radius 3 is 2.52 bits per heavy atom. The second-order valence-electron chi connectivity index (χ2n) is 5.44. The Bertz CT molecular complexity index is 404. The molecule has 1 unspecified atom stereocenters. The van der Waals surface area contributed by atoms with Crippen molar-refractivity contribution in [2.75, 3.05) is 19.8 Å². The van der Waals surface area contributed by atoms with Gasteiger partial charge >= 0.3 is 5.97 Å². The molecule has 1 aromatic carbocycles. The number of carbonyl (C=O) groups excluding carboxylic acids is 1. The van der Waals surface area contributed by atoms with E-state index in [0.29, 0.717) is 19.6 Å². The van der Waals surface area contributed by atoms with Crippen LogP contribution in [0, 0.1) is 0 Å². The maximum Gasteiger partial charge on any atom is 0.325 e. The number of hydrogen-bond donors (Lipinski definition) is 1. The summed E-state index contributed by atoms with van der Waals surface area (Å²) < 4.78 is 10.5. The number of esters is 1. The van der Waals surface area contributed by atoms with E-state index < -0.39 is 5.54 Å². The fourth-order valence-corrected chi connectivity index (χ4v) is 2.06. The number of nitrogens with two attached hydrogens (primary N) is 1. The highest BCUT2D eigenvalue weighted by molar-refractivity contribution is 5.79. The van der Waals surface area contributed by atoms with Gasteiger partial charge < -0.3 is 15.2 Å². The van der Waals surface area contributed by atoms with Gasteiger partial charge in [-0.3, -0.25) is 4.79 Å². The smallest absolute Gasteiger partial charge is 0.325 e. The molecule has 0 aromatic heterocycles. The van der Waals surface area contributed by atoms with Crippen molar-refractivity contribution in [2.45, 2.75) is 45.1 Å². The van der Waals surface area contributed by atoms with E-state index in [1.807, 2.05) is 18.2 Å². The van der Waals surface area contributed by atoms with E-state index >= 15 is 0 Å². The normalized spacial score (nSPS) is 13.7. The zero-order valence-corrected chi connectivity index (χ0v) is 13.1. The Labute approximate surface area is 127 Å². The summed E-state index contributed by atoms with van der Waals surface area (Å²) in [5.41, 5.74) is 6.35. The first-order valence-corrected chi connectivity index (χ1v) is 7.64. The number of carbonyl (C=O) groups is 1. The summed E-state index contributed by atoms with van der Waals surface area (Å²) in [6, 6.07) is 10.4. The van der Waals surface area contributed by atoms with Crippen LogP contribution in [0.15, 0.2) is 30.3 Å². The first-order valence-electron chi connectivity index (χ1n) is 7.64. The maximum atomic E-state index is 11.6. The molecule has 0 fully saturated rings. The number of aryl methyl sites for hydroxylation is 1. The third-order valence-electron chi connectivity index (χ3n) is 3.32. The zero-order chi connectivity index (χ0) is 15.6. The lowest BCUT2D eigenvalue weighted by Crippen LogP contribution is -2.46. The molecule has 0 aliphatic rings. The third kappa shape index (κ3) is 7.25. The first kappa shape index (κ1) is 17.7. The predicted molar refractivity (Wildman–Crippen MR) is 84.0 cm³/mol. The molecule has 4 heteroatoms. The minimum Gasteiger partial charge on any atom is -0.465 e. The van der Waals surface area contributed by atoms with Crippen LogP contribution in [0.1, 0.15) is 38.7 Å². The molecule has 1 rings (SSSR count). The zero-order valence-electron chi connectivity index (χ0n) is 13.1. The molecule has 4 nitrogen and oxygen atoms in total. The highest BCUT2D eigenvalue weighted by atomic mass is 16.5. The van der Waals surface area contributed by atoms with Crippen molar-refractivity contribution >= 4 is 5.97 Å². The Hall–Kier alpha value is -1.39. The molecule has 1 atom stereocenters. The van der Waals surface area contributed by atoms with Gasteiger partial charge in [0.1, 0.15) is 5.54 Å². The third-order valence-corrected chi connectivity index (χ3v) is 3.32. The van der Waals surface area contributed by atoms with Gasteiger partial charge in [0.2, 0.25) is 0 Å². The SMILES string of the molecule is CCOC(=O)C(C)(N)CCCOCCCc1ccccc1. The van der Waals surface area contributed by atoms with Crippen molar-refractivity contribution in [3.63, 3.8) is 0 Å². The molecule has 2 N–H and O–H groups in total. The second-order valence-corrected chi connectivity index (χ2v) is 5.44. The van der Waals surface area contributed by atoms with Gasteiger partial charge in [0.05, 0.1) is 6.61 Å². The summed E-state index contributed by atoms with van der Waals surface area (Å²) in [5, 5.41) is 0. The lowest BCUT2D eigenvalue weighted by Gasteiger charge is -2.21. The van der Waals surface area contributed by atoms with Gasteiger partial charge in [-0.2, -0.15) is 0 Å². The topological polar surface area (TPSA) is 61.5 Å². The van der Waals surface area contributed by atoms with Crippen molar-refractivity contribution in [3.8, 4) is 0 Å². The summed E-state index contributed by atoms with van der Waals surface area (Å²) in [4.78, 5) is 11.6. The Balaban J connectivity index is 2.05. The standard InChI is InChI=1S/C17H27NO3/c1-3-21-16(19)17(2,18)12-8-14-20-13-7-11-15-9-5-4-6-10-15/h4-6,9-10H,3,7-8,11-14,18H2,1-2H3. The molecule has 0 aliphatic heterocycles. The minimum atomic E-state index is -0.913. The molecule has 0 aliphatic carbocycles. The molecular formula is C17H27NO3. The summed E-state index contributed by atoms with van der Waals surface area (Å²) in [7, 11) is 0. The van der Waals surface area contributed by atoms with E-state index in [2.05, 4.69) is 12.1 Å². The van der Waals surface area contributed by atoms with Crippen LogP contribution in [0.25, 0.3) is 0 Å². The molecule has 0 radical (unpaired) electrons. The summed E-state index contributed by atoms with van der Waals surface area (Å²) in [5.74, 6) is -0.339. The van der Waals surface area contributed by atoms with Crippen LogP contribution in [-0.2, 0) is 20.7 Å². The van der Waals surface area contributed by atoms with Crippen molar-refractivity contribution in [1.29, 1.82) is 0 Å². The van der Waals surface area contributed by atoms with Gasteiger partial charge in [-0.15, -0.1) is 0 Å². The van der Waals surface area contributed by atoms with Crippen molar-refractivity contribution in [2.24, 2.45) is 5.73 Å². The van der Waals surface area contributed by atoms with Gasteiger partial charge in [-0.25, -0.2) is 0 Å². The van der Waals surface area contributed by atoms with E-state index in [9.17, 15) is 4.79 Å². The van der Waals surface area contributed by atoms with E-state index in [1.165, 1.54) is 5.56 Å². The average molecular weight is 293 g/mol. The fourth-order valence-electron chi connectivity index (χ4n) is 2.06. The molecule has 0 bridgehead atoms. The van der Waals surface area contributed by atoms with Crippen LogP contribution in [0.4, 0.5) is 0 Å². The second kappa shape index (κ2) is 9.53. The van der Waals surface area contributed by atoms with E-state index in [4.69, 9.17) is 15.2 Å². The molecule has 0 saturated heterocycles. The van der Waals surface area contributed by atoms with Crippen molar-refractivity contribution in [1.82, 2.24) is 0 Å². The largest absolute Gasteiger partial charge is 0.465 e. The minimum absolute atomic E-state index is 0.339. The van der Waals surface area contributed by atoms with Gasteiger partial charge in [0, 0.05) is 13.2 Å². The Kier molecular flexibility index (Phi) is 8.01. The lowest BCUT2D eigenvalue weighted by atomic mass is 9.98. The molecule has 1 aromatic rings. The molecule has 118 valence electrons. The van der Waals surface area contributed by atoms with Gasteiger partial charge in [0.25, 0.3) is 0 Å². The Morgan fingerprint density at radius 2 is 1.86 bits per heavy atom. The monoisotopic (exact) mass is 293 g/mol. The van der Waals surface area contributed by atoms with E-state index in [1.54, 1.807) is 13.8 Å². The van der Waals surface area contributed by atoms with Crippen LogP contribution in [0.5, 0.6) is 0 Å². The van der Waals surface area contributed by atoms with Gasteiger partial charge in [-0.05, 0) is 45.1 Å². The number of ether oxygens (including phenoxy) is 2. The quantitative estimate of drug-likeness (QED) is 0.532. The molecular weight excluding hydrogens is 266 g/mol. The molecule has 0 amide bonds. The van der Waals surface area contributed by atoms with Gasteiger partial charge in [-0.1, -0.05) is 30.3 Å². The van der Waals surface area contributed by atoms with Crippen molar-refractivity contribution in [3.05, 3.63) is 35.9 Å². The predicted octanol–water partition coefficient (Wildman–Crippen LogP) is 2.70. The van der Waals surface area contributed by atoms with Crippen LogP contribution in [0.3, 0.4) is 0 Å².